The van der Waals surface area contributed by atoms with Gasteiger partial charge in [0.2, 0.25) is 0 Å². The van der Waals surface area contributed by atoms with Crippen LogP contribution < -0.4 is 5.32 Å². The van der Waals surface area contributed by atoms with Crippen LogP contribution in [0.1, 0.15) is 46.5 Å². The summed E-state index contributed by atoms with van der Waals surface area (Å²) in [6.07, 6.45) is 7.20. The third-order valence-electron chi connectivity index (χ3n) is 1.95. The Kier molecular flexibility index (Phi) is 7.17. The van der Waals surface area contributed by atoms with Crippen LogP contribution in [-0.4, -0.2) is 12.1 Å². The lowest BCUT2D eigenvalue weighted by Gasteiger charge is -2.17. The standard InChI is InChI=1S/C11H23N/c1-5-7-8-9-11(6-2)12-10(3)4/h6,10-12H,2,5,7-9H2,1,3-4H3. The van der Waals surface area contributed by atoms with E-state index in [-0.39, 0.29) is 0 Å². The minimum Gasteiger partial charge on any atom is -0.308 e. The maximum absolute atomic E-state index is 3.83. The minimum atomic E-state index is 0.511. The Labute approximate surface area is 77.2 Å². The molecule has 12 heavy (non-hydrogen) atoms. The molecule has 0 aromatic carbocycles. The first-order chi connectivity index (χ1) is 5.70. The van der Waals surface area contributed by atoms with Gasteiger partial charge in [-0.05, 0) is 6.42 Å². The molecule has 1 heteroatoms. The third kappa shape index (κ3) is 6.41. The summed E-state index contributed by atoms with van der Waals surface area (Å²) in [5, 5.41) is 3.47. The van der Waals surface area contributed by atoms with Crippen LogP contribution in [0.5, 0.6) is 0 Å². The molecule has 72 valence electrons. The summed E-state index contributed by atoms with van der Waals surface area (Å²) in [6, 6.07) is 1.08. The zero-order valence-electron chi connectivity index (χ0n) is 8.77. The molecule has 0 bridgehead atoms. The van der Waals surface area contributed by atoms with Crippen LogP contribution in [0.25, 0.3) is 0 Å². The van der Waals surface area contributed by atoms with E-state index < -0.39 is 0 Å². The molecule has 0 aromatic heterocycles. The van der Waals surface area contributed by atoms with Crippen molar-refractivity contribution in [3.8, 4) is 0 Å². The van der Waals surface area contributed by atoms with Crippen molar-refractivity contribution >= 4 is 0 Å². The zero-order chi connectivity index (χ0) is 9.40. The second-order valence-corrected chi connectivity index (χ2v) is 3.66. The van der Waals surface area contributed by atoms with Gasteiger partial charge in [-0.2, -0.15) is 0 Å². The second kappa shape index (κ2) is 7.35. The van der Waals surface area contributed by atoms with Gasteiger partial charge in [0.15, 0.2) is 0 Å². The van der Waals surface area contributed by atoms with Gasteiger partial charge in [-0.3, -0.25) is 0 Å². The normalized spacial score (nSPS) is 13.3. The molecular weight excluding hydrogens is 146 g/mol. The topological polar surface area (TPSA) is 12.0 Å². The predicted octanol–water partition coefficient (Wildman–Crippen LogP) is 3.12. The molecule has 1 unspecified atom stereocenters. The van der Waals surface area contributed by atoms with Crippen molar-refractivity contribution < 1.29 is 0 Å². The van der Waals surface area contributed by atoms with Crippen LogP contribution in [-0.2, 0) is 0 Å². The molecular formula is C11H23N. The van der Waals surface area contributed by atoms with Crippen LogP contribution in [0.3, 0.4) is 0 Å². The number of rotatable bonds is 7. The van der Waals surface area contributed by atoms with Crippen LogP contribution in [0.2, 0.25) is 0 Å². The zero-order valence-corrected chi connectivity index (χ0v) is 8.77. The van der Waals surface area contributed by atoms with Gasteiger partial charge < -0.3 is 5.32 Å². The van der Waals surface area contributed by atoms with E-state index >= 15 is 0 Å². The van der Waals surface area contributed by atoms with E-state index in [1.54, 1.807) is 0 Å². The van der Waals surface area contributed by atoms with E-state index in [4.69, 9.17) is 0 Å². The van der Waals surface area contributed by atoms with Gasteiger partial charge in [0.05, 0.1) is 0 Å². The van der Waals surface area contributed by atoms with Crippen molar-refractivity contribution in [3.05, 3.63) is 12.7 Å². The van der Waals surface area contributed by atoms with E-state index in [9.17, 15) is 0 Å². The predicted molar refractivity (Wildman–Crippen MR) is 56.4 cm³/mol. The fraction of sp³-hybridized carbons (Fsp3) is 0.818. The molecule has 0 fully saturated rings. The Bertz CT molecular complexity index is 108. The molecule has 1 atom stereocenters. The van der Waals surface area contributed by atoms with E-state index in [1.165, 1.54) is 25.7 Å². The number of hydrogen-bond donors (Lipinski definition) is 1. The third-order valence-corrected chi connectivity index (χ3v) is 1.95. The second-order valence-electron chi connectivity index (χ2n) is 3.66. The highest BCUT2D eigenvalue weighted by Crippen LogP contribution is 2.04. The Morgan fingerprint density at radius 1 is 1.33 bits per heavy atom. The molecule has 0 heterocycles. The highest BCUT2D eigenvalue weighted by Gasteiger charge is 2.03. The molecule has 0 spiro atoms. The van der Waals surface area contributed by atoms with Gasteiger partial charge >= 0.3 is 0 Å². The van der Waals surface area contributed by atoms with Gasteiger partial charge in [0.1, 0.15) is 0 Å². The van der Waals surface area contributed by atoms with Gasteiger partial charge in [0.25, 0.3) is 0 Å². The minimum absolute atomic E-state index is 0.511. The van der Waals surface area contributed by atoms with Crippen molar-refractivity contribution in [3.63, 3.8) is 0 Å². The van der Waals surface area contributed by atoms with Gasteiger partial charge in [-0.15, -0.1) is 6.58 Å². The molecule has 0 aliphatic carbocycles. The molecule has 0 aromatic rings. The smallest absolute Gasteiger partial charge is 0.0249 e. The van der Waals surface area contributed by atoms with Crippen LogP contribution in [0.15, 0.2) is 12.7 Å². The molecule has 0 rings (SSSR count). The number of nitrogens with one attached hydrogen (secondary N) is 1. The molecule has 0 aliphatic heterocycles. The average molecular weight is 169 g/mol. The van der Waals surface area contributed by atoms with Crippen molar-refractivity contribution in [2.75, 3.05) is 0 Å². The van der Waals surface area contributed by atoms with Crippen molar-refractivity contribution in [2.24, 2.45) is 0 Å². The maximum Gasteiger partial charge on any atom is 0.0249 e. The molecule has 0 radical (unpaired) electrons. The van der Waals surface area contributed by atoms with Crippen LogP contribution in [0.4, 0.5) is 0 Å². The van der Waals surface area contributed by atoms with Crippen molar-refractivity contribution in [1.82, 2.24) is 5.32 Å². The van der Waals surface area contributed by atoms with Crippen molar-refractivity contribution in [2.45, 2.75) is 58.5 Å². The fourth-order valence-corrected chi connectivity index (χ4v) is 1.31. The first-order valence-electron chi connectivity index (χ1n) is 5.09. The summed E-state index contributed by atoms with van der Waals surface area (Å²) >= 11 is 0. The molecule has 0 aliphatic rings. The number of unbranched alkanes of at least 4 members (excludes halogenated alkanes) is 2. The molecule has 1 N–H and O–H groups in total. The monoisotopic (exact) mass is 169 g/mol. The first-order valence-corrected chi connectivity index (χ1v) is 5.09. The largest absolute Gasteiger partial charge is 0.308 e. The molecule has 0 saturated carbocycles. The lowest BCUT2D eigenvalue weighted by atomic mass is 10.1. The Morgan fingerprint density at radius 3 is 2.42 bits per heavy atom. The molecule has 0 saturated heterocycles. The summed E-state index contributed by atoms with van der Waals surface area (Å²) < 4.78 is 0. The first kappa shape index (κ1) is 11.7. The Balaban J connectivity index is 3.46. The molecule has 1 nitrogen and oxygen atoms in total. The quantitative estimate of drug-likeness (QED) is 0.456. The van der Waals surface area contributed by atoms with E-state index in [0.29, 0.717) is 12.1 Å². The summed E-state index contributed by atoms with van der Waals surface area (Å²) in [7, 11) is 0. The lowest BCUT2D eigenvalue weighted by Crippen LogP contribution is -2.32. The summed E-state index contributed by atoms with van der Waals surface area (Å²) in [5.41, 5.74) is 0. The highest BCUT2D eigenvalue weighted by atomic mass is 14.9. The van der Waals surface area contributed by atoms with Crippen molar-refractivity contribution in [1.29, 1.82) is 0 Å². The summed E-state index contributed by atoms with van der Waals surface area (Å²) in [6.45, 7) is 10.4. The Morgan fingerprint density at radius 2 is 2.00 bits per heavy atom. The molecule has 0 amide bonds. The maximum atomic E-state index is 3.83. The summed E-state index contributed by atoms with van der Waals surface area (Å²) in [5.74, 6) is 0. The number of hydrogen-bond acceptors (Lipinski definition) is 1. The average Bonchev–Trinajstić information content (AvgIpc) is 2.02. The van der Waals surface area contributed by atoms with E-state index in [1.807, 2.05) is 6.08 Å². The fourth-order valence-electron chi connectivity index (χ4n) is 1.31. The summed E-state index contributed by atoms with van der Waals surface area (Å²) in [4.78, 5) is 0. The van der Waals surface area contributed by atoms with Gasteiger partial charge in [-0.1, -0.05) is 46.1 Å². The SMILES string of the molecule is C=CC(CCCCC)NC(C)C. The van der Waals surface area contributed by atoms with E-state index in [2.05, 4.69) is 32.7 Å². The van der Waals surface area contributed by atoms with Crippen LogP contribution >= 0.6 is 0 Å². The Hall–Kier alpha value is -0.300. The van der Waals surface area contributed by atoms with Gasteiger partial charge in [0, 0.05) is 12.1 Å². The van der Waals surface area contributed by atoms with Gasteiger partial charge in [-0.25, -0.2) is 0 Å². The highest BCUT2D eigenvalue weighted by molar-refractivity contribution is 4.86. The van der Waals surface area contributed by atoms with Crippen LogP contribution in [0, 0.1) is 0 Å². The lowest BCUT2D eigenvalue weighted by molar-refractivity contribution is 0.480. The van der Waals surface area contributed by atoms with E-state index in [0.717, 1.165) is 0 Å².